The maximum Gasteiger partial charge on any atom is 0.137 e. The van der Waals surface area contributed by atoms with Crippen LogP contribution in [0.5, 0.6) is 0 Å². The molecule has 1 atom stereocenters. The average molecular weight is 391 g/mol. The molecule has 1 unspecified atom stereocenters. The first kappa shape index (κ1) is 16.8. The van der Waals surface area contributed by atoms with Gasteiger partial charge in [-0.1, -0.05) is 48.3 Å². The van der Waals surface area contributed by atoms with Crippen molar-refractivity contribution in [3.63, 3.8) is 0 Å². The smallest absolute Gasteiger partial charge is 0.137 e. The molecular formula is C16H15BrCl2FN. The van der Waals surface area contributed by atoms with Gasteiger partial charge in [-0.15, -0.1) is 0 Å². The van der Waals surface area contributed by atoms with Crippen molar-refractivity contribution in [3.05, 3.63) is 67.9 Å². The normalized spacial score (nSPS) is 12.4. The van der Waals surface area contributed by atoms with E-state index in [2.05, 4.69) is 28.2 Å². The van der Waals surface area contributed by atoms with Gasteiger partial charge in [-0.05, 0) is 58.2 Å². The second-order valence-corrected chi connectivity index (χ2v) is 6.33. The molecule has 2 rings (SSSR count). The van der Waals surface area contributed by atoms with Gasteiger partial charge < -0.3 is 5.32 Å². The molecule has 2 aromatic rings. The molecule has 21 heavy (non-hydrogen) atoms. The summed E-state index contributed by atoms with van der Waals surface area (Å²) >= 11 is 15.6. The summed E-state index contributed by atoms with van der Waals surface area (Å²) in [7, 11) is 0. The van der Waals surface area contributed by atoms with Crippen LogP contribution in [0.1, 0.15) is 30.5 Å². The van der Waals surface area contributed by atoms with Crippen molar-refractivity contribution in [2.24, 2.45) is 0 Å². The molecule has 0 aliphatic carbocycles. The van der Waals surface area contributed by atoms with Crippen molar-refractivity contribution in [3.8, 4) is 0 Å². The molecule has 0 fully saturated rings. The molecule has 0 spiro atoms. The van der Waals surface area contributed by atoms with Gasteiger partial charge in [0, 0.05) is 10.0 Å². The highest BCUT2D eigenvalue weighted by atomic mass is 79.9. The number of halogens is 4. The summed E-state index contributed by atoms with van der Waals surface area (Å²) in [6, 6.07) is 10.2. The minimum absolute atomic E-state index is 0.195. The summed E-state index contributed by atoms with van der Waals surface area (Å²) < 4.78 is 14.3. The second-order valence-electron chi connectivity index (χ2n) is 4.70. The fourth-order valence-electron chi connectivity index (χ4n) is 2.16. The lowest BCUT2D eigenvalue weighted by Crippen LogP contribution is -2.24. The van der Waals surface area contributed by atoms with Crippen molar-refractivity contribution in [2.45, 2.75) is 19.4 Å². The standard InChI is InChI=1S/C16H15BrCl2FN/c1-2-8-21-16(11-7-6-10(18)9-13(11)19)12-4-3-5-14(20)15(12)17/h3-7,9,16,21H,2,8H2,1H3. The lowest BCUT2D eigenvalue weighted by Gasteiger charge is -2.22. The van der Waals surface area contributed by atoms with Gasteiger partial charge in [-0.2, -0.15) is 0 Å². The third-order valence-electron chi connectivity index (χ3n) is 3.16. The van der Waals surface area contributed by atoms with Gasteiger partial charge in [-0.25, -0.2) is 4.39 Å². The first-order valence-corrected chi connectivity index (χ1v) is 8.21. The Morgan fingerprint density at radius 1 is 1.19 bits per heavy atom. The van der Waals surface area contributed by atoms with E-state index in [1.807, 2.05) is 12.1 Å². The summed E-state index contributed by atoms with van der Waals surface area (Å²) in [5.74, 6) is -0.291. The van der Waals surface area contributed by atoms with Crippen LogP contribution < -0.4 is 5.32 Å². The summed E-state index contributed by atoms with van der Waals surface area (Å²) in [5.41, 5.74) is 1.69. The fourth-order valence-corrected chi connectivity index (χ4v) is 3.17. The monoisotopic (exact) mass is 389 g/mol. The number of nitrogens with one attached hydrogen (secondary N) is 1. The van der Waals surface area contributed by atoms with Crippen molar-refractivity contribution in [1.29, 1.82) is 0 Å². The Morgan fingerprint density at radius 2 is 1.95 bits per heavy atom. The molecule has 0 heterocycles. The van der Waals surface area contributed by atoms with Crippen LogP contribution in [0.4, 0.5) is 4.39 Å². The molecule has 0 radical (unpaired) electrons. The van der Waals surface area contributed by atoms with E-state index in [1.54, 1.807) is 18.2 Å². The molecule has 2 aromatic carbocycles. The predicted octanol–water partition coefficient (Wildman–Crippen LogP) is 5.98. The highest BCUT2D eigenvalue weighted by molar-refractivity contribution is 9.10. The van der Waals surface area contributed by atoms with E-state index >= 15 is 0 Å². The Bertz CT molecular complexity index is 634. The second kappa shape index (κ2) is 7.59. The summed E-state index contributed by atoms with van der Waals surface area (Å²) in [4.78, 5) is 0. The summed E-state index contributed by atoms with van der Waals surface area (Å²) in [6.07, 6.45) is 0.967. The van der Waals surface area contributed by atoms with Crippen LogP contribution in [-0.4, -0.2) is 6.54 Å². The molecule has 0 bridgehead atoms. The van der Waals surface area contributed by atoms with Crippen LogP contribution in [0.15, 0.2) is 40.9 Å². The maximum absolute atomic E-state index is 13.8. The molecule has 0 amide bonds. The Kier molecular flexibility index (Phi) is 6.06. The van der Waals surface area contributed by atoms with Gasteiger partial charge in [0.05, 0.1) is 10.5 Å². The Morgan fingerprint density at radius 3 is 2.62 bits per heavy atom. The van der Waals surface area contributed by atoms with Crippen LogP contribution in [0.3, 0.4) is 0 Å². The van der Waals surface area contributed by atoms with Crippen molar-refractivity contribution < 1.29 is 4.39 Å². The zero-order chi connectivity index (χ0) is 15.4. The van der Waals surface area contributed by atoms with Crippen molar-refractivity contribution in [2.75, 3.05) is 6.54 Å². The first-order valence-electron chi connectivity index (χ1n) is 6.66. The highest BCUT2D eigenvalue weighted by Gasteiger charge is 2.20. The molecule has 0 saturated carbocycles. The summed E-state index contributed by atoms with van der Waals surface area (Å²) in [6.45, 7) is 2.88. The zero-order valence-electron chi connectivity index (χ0n) is 11.5. The molecule has 5 heteroatoms. The lowest BCUT2D eigenvalue weighted by molar-refractivity contribution is 0.580. The van der Waals surface area contributed by atoms with Gasteiger partial charge in [0.1, 0.15) is 5.82 Å². The third-order valence-corrected chi connectivity index (χ3v) is 4.56. The number of hydrogen-bond donors (Lipinski definition) is 1. The topological polar surface area (TPSA) is 12.0 Å². The van der Waals surface area contributed by atoms with Gasteiger partial charge >= 0.3 is 0 Å². The van der Waals surface area contributed by atoms with Crippen LogP contribution in [0.2, 0.25) is 10.0 Å². The molecule has 1 N–H and O–H groups in total. The number of rotatable bonds is 5. The Balaban J connectivity index is 2.49. The zero-order valence-corrected chi connectivity index (χ0v) is 14.6. The molecule has 0 aliphatic rings. The number of hydrogen-bond acceptors (Lipinski definition) is 1. The van der Waals surface area contributed by atoms with Crippen LogP contribution in [-0.2, 0) is 0 Å². The summed E-state index contributed by atoms with van der Waals surface area (Å²) in [5, 5.41) is 4.55. The fraction of sp³-hybridized carbons (Fsp3) is 0.250. The van der Waals surface area contributed by atoms with Gasteiger partial charge in [0.2, 0.25) is 0 Å². The molecule has 0 aromatic heterocycles. The van der Waals surface area contributed by atoms with Gasteiger partial charge in [-0.3, -0.25) is 0 Å². The van der Waals surface area contributed by atoms with E-state index in [0.717, 1.165) is 24.1 Å². The van der Waals surface area contributed by atoms with Crippen molar-refractivity contribution in [1.82, 2.24) is 5.32 Å². The minimum atomic E-state index is -0.291. The van der Waals surface area contributed by atoms with Gasteiger partial charge in [0.15, 0.2) is 0 Å². The number of benzene rings is 2. The van der Waals surface area contributed by atoms with E-state index in [9.17, 15) is 4.39 Å². The molecular weight excluding hydrogens is 376 g/mol. The van der Waals surface area contributed by atoms with E-state index in [-0.39, 0.29) is 11.9 Å². The first-order chi connectivity index (χ1) is 10.0. The van der Waals surface area contributed by atoms with Crippen LogP contribution >= 0.6 is 39.1 Å². The van der Waals surface area contributed by atoms with Crippen molar-refractivity contribution >= 4 is 39.1 Å². The van der Waals surface area contributed by atoms with Crippen LogP contribution in [0, 0.1) is 5.82 Å². The lowest BCUT2D eigenvalue weighted by atomic mass is 9.98. The van der Waals surface area contributed by atoms with E-state index in [4.69, 9.17) is 23.2 Å². The van der Waals surface area contributed by atoms with Gasteiger partial charge in [0.25, 0.3) is 0 Å². The van der Waals surface area contributed by atoms with Crippen LogP contribution in [0.25, 0.3) is 0 Å². The average Bonchev–Trinajstić information content (AvgIpc) is 2.45. The van der Waals surface area contributed by atoms with E-state index in [0.29, 0.717) is 14.5 Å². The molecule has 1 nitrogen and oxygen atoms in total. The van der Waals surface area contributed by atoms with E-state index in [1.165, 1.54) is 6.07 Å². The third kappa shape index (κ3) is 3.98. The SMILES string of the molecule is CCCNC(c1ccc(Cl)cc1Cl)c1cccc(F)c1Br. The highest BCUT2D eigenvalue weighted by Crippen LogP contribution is 2.34. The Labute approximate surface area is 142 Å². The molecule has 112 valence electrons. The quantitative estimate of drug-likeness (QED) is 0.661. The van der Waals surface area contributed by atoms with E-state index < -0.39 is 0 Å². The minimum Gasteiger partial charge on any atom is -0.306 e. The Hall–Kier alpha value is -0.610. The maximum atomic E-state index is 13.8. The predicted molar refractivity (Wildman–Crippen MR) is 90.7 cm³/mol. The largest absolute Gasteiger partial charge is 0.306 e. The molecule has 0 aliphatic heterocycles. The molecule has 0 saturated heterocycles.